The van der Waals surface area contributed by atoms with Gasteiger partial charge in [0.05, 0.1) is 5.69 Å². The minimum Gasteiger partial charge on any atom is -0.326 e. The van der Waals surface area contributed by atoms with E-state index in [-0.39, 0.29) is 17.9 Å². The smallest absolute Gasteiger partial charge is 0.276 e. The number of amides is 1. The first-order valence-corrected chi connectivity index (χ1v) is 8.67. The van der Waals surface area contributed by atoms with Crippen molar-refractivity contribution in [1.82, 2.24) is 14.2 Å². The van der Waals surface area contributed by atoms with Gasteiger partial charge in [-0.25, -0.2) is 4.52 Å². The molecule has 1 aliphatic rings. The molecule has 0 saturated carbocycles. The van der Waals surface area contributed by atoms with E-state index in [9.17, 15) is 9.59 Å². The number of fused-ring (bicyclic) bond motifs is 3. The Morgan fingerprint density at radius 3 is 2.76 bits per heavy atom. The summed E-state index contributed by atoms with van der Waals surface area (Å²) in [5, 5.41) is 7.37. The van der Waals surface area contributed by atoms with Crippen LogP contribution >= 0.6 is 0 Å². The van der Waals surface area contributed by atoms with Crippen LogP contribution in [0.25, 0.3) is 5.52 Å². The maximum Gasteiger partial charge on any atom is 0.276 e. The molecule has 0 spiro atoms. The fourth-order valence-electron chi connectivity index (χ4n) is 3.40. The van der Waals surface area contributed by atoms with Crippen LogP contribution < -0.4 is 10.9 Å². The van der Waals surface area contributed by atoms with E-state index in [0.29, 0.717) is 12.1 Å². The van der Waals surface area contributed by atoms with Crippen molar-refractivity contribution in [2.45, 2.75) is 38.6 Å². The first kappa shape index (κ1) is 15.6. The average Bonchev–Trinajstić information content (AvgIpc) is 3.01. The predicted octanol–water partition coefficient (Wildman–Crippen LogP) is 2.40. The number of carbonyl (C=O) groups is 1. The molecule has 4 rings (SSSR count). The molecular formula is C19H20N4O2. The summed E-state index contributed by atoms with van der Waals surface area (Å²) in [4.78, 5) is 24.9. The number of carbonyl (C=O) groups excluding carboxylic acids is 1. The van der Waals surface area contributed by atoms with Crippen LogP contribution in [0.3, 0.4) is 0 Å². The Balaban J connectivity index is 1.53. The normalized spacial score (nSPS) is 13.6. The average molecular weight is 336 g/mol. The summed E-state index contributed by atoms with van der Waals surface area (Å²) >= 11 is 0. The van der Waals surface area contributed by atoms with Gasteiger partial charge in [-0.3, -0.25) is 9.59 Å². The molecule has 0 unspecified atom stereocenters. The Bertz CT molecular complexity index is 972. The molecule has 0 aliphatic heterocycles. The Hall–Kier alpha value is -2.89. The van der Waals surface area contributed by atoms with Gasteiger partial charge in [0, 0.05) is 36.6 Å². The molecule has 3 aromatic rings. The molecule has 1 amide bonds. The number of hydrogen-bond acceptors (Lipinski definition) is 3. The third-order valence-corrected chi connectivity index (χ3v) is 4.67. The van der Waals surface area contributed by atoms with Crippen molar-refractivity contribution < 1.29 is 4.79 Å². The van der Waals surface area contributed by atoms with Gasteiger partial charge in [0.25, 0.3) is 5.56 Å². The highest BCUT2D eigenvalue weighted by Crippen LogP contribution is 2.22. The molecule has 25 heavy (non-hydrogen) atoms. The van der Waals surface area contributed by atoms with Gasteiger partial charge in [-0.15, -0.1) is 0 Å². The Labute approximate surface area is 145 Å². The topological polar surface area (TPSA) is 68.4 Å². The van der Waals surface area contributed by atoms with E-state index in [2.05, 4.69) is 10.4 Å². The number of para-hydroxylation sites is 1. The second-order valence-electron chi connectivity index (χ2n) is 6.39. The molecule has 1 aliphatic carbocycles. The van der Waals surface area contributed by atoms with Crippen LogP contribution in [-0.4, -0.2) is 20.1 Å². The molecule has 0 saturated heterocycles. The summed E-state index contributed by atoms with van der Waals surface area (Å²) in [6.45, 7) is 0.355. The van der Waals surface area contributed by atoms with Gasteiger partial charge in [-0.05, 0) is 37.8 Å². The number of nitrogens with zero attached hydrogens (tertiary/aromatic N) is 3. The van der Waals surface area contributed by atoms with Crippen LogP contribution in [-0.2, 0) is 24.2 Å². The number of benzene rings is 1. The van der Waals surface area contributed by atoms with Gasteiger partial charge in [-0.1, -0.05) is 18.2 Å². The Morgan fingerprint density at radius 2 is 1.92 bits per heavy atom. The SMILES string of the molecule is O=C(CCn1ccn2nc3c(c2c1=O)CCCC3)Nc1ccccc1. The molecule has 2 aromatic heterocycles. The zero-order chi connectivity index (χ0) is 17.2. The van der Waals surface area contributed by atoms with Crippen molar-refractivity contribution in [2.75, 3.05) is 5.32 Å². The third kappa shape index (κ3) is 3.07. The van der Waals surface area contributed by atoms with Crippen LogP contribution in [0.5, 0.6) is 0 Å². The first-order chi connectivity index (χ1) is 12.2. The minimum atomic E-state index is -0.103. The molecule has 128 valence electrons. The van der Waals surface area contributed by atoms with Crippen molar-refractivity contribution in [3.8, 4) is 0 Å². The van der Waals surface area contributed by atoms with Crippen molar-refractivity contribution in [3.05, 3.63) is 64.3 Å². The molecule has 0 fully saturated rings. The summed E-state index contributed by atoms with van der Waals surface area (Å²) in [6.07, 6.45) is 7.85. The maximum absolute atomic E-state index is 12.8. The van der Waals surface area contributed by atoms with Crippen molar-refractivity contribution in [3.63, 3.8) is 0 Å². The highest BCUT2D eigenvalue weighted by molar-refractivity contribution is 5.90. The molecule has 0 radical (unpaired) electrons. The van der Waals surface area contributed by atoms with Crippen LogP contribution in [0.15, 0.2) is 47.5 Å². The van der Waals surface area contributed by atoms with Crippen LogP contribution in [0.1, 0.15) is 30.5 Å². The van der Waals surface area contributed by atoms with Crippen molar-refractivity contribution in [1.29, 1.82) is 0 Å². The van der Waals surface area contributed by atoms with Gasteiger partial charge < -0.3 is 9.88 Å². The van der Waals surface area contributed by atoms with Crippen LogP contribution in [0, 0.1) is 0 Å². The number of rotatable bonds is 4. The maximum atomic E-state index is 12.8. The fraction of sp³-hybridized carbons (Fsp3) is 0.316. The quantitative estimate of drug-likeness (QED) is 0.795. The standard InChI is InChI=1S/C19H20N4O2/c24-17(20-14-6-2-1-3-7-14)10-11-22-12-13-23-18(19(22)25)15-8-4-5-9-16(15)21-23/h1-3,6-7,12-13H,4-5,8-11H2,(H,20,24). The molecule has 6 nitrogen and oxygen atoms in total. The first-order valence-electron chi connectivity index (χ1n) is 8.67. The van der Waals surface area contributed by atoms with Crippen LogP contribution in [0.4, 0.5) is 5.69 Å². The lowest BCUT2D eigenvalue weighted by Gasteiger charge is -2.09. The van der Waals surface area contributed by atoms with Crippen molar-refractivity contribution >= 4 is 17.1 Å². The van der Waals surface area contributed by atoms with E-state index in [1.54, 1.807) is 15.3 Å². The number of aromatic nitrogens is 3. The Kier molecular flexibility index (Phi) is 4.09. The summed E-state index contributed by atoms with van der Waals surface area (Å²) in [6, 6.07) is 9.33. The van der Waals surface area contributed by atoms with Crippen LogP contribution in [0.2, 0.25) is 0 Å². The van der Waals surface area contributed by atoms with Gasteiger partial charge in [0.2, 0.25) is 5.91 Å². The van der Waals surface area contributed by atoms with Gasteiger partial charge in [-0.2, -0.15) is 5.10 Å². The number of hydrogen-bond donors (Lipinski definition) is 1. The summed E-state index contributed by atoms with van der Waals surface area (Å²) < 4.78 is 3.30. The van der Waals surface area contributed by atoms with E-state index >= 15 is 0 Å². The lowest BCUT2D eigenvalue weighted by molar-refractivity contribution is -0.116. The molecule has 1 N–H and O–H groups in total. The second kappa shape index (κ2) is 6.55. The fourth-order valence-corrected chi connectivity index (χ4v) is 3.40. The van der Waals surface area contributed by atoms with Gasteiger partial charge in [0.15, 0.2) is 0 Å². The van der Waals surface area contributed by atoms with E-state index in [4.69, 9.17) is 0 Å². The number of nitrogens with one attached hydrogen (secondary N) is 1. The molecular weight excluding hydrogens is 316 g/mol. The lowest BCUT2D eigenvalue weighted by Crippen LogP contribution is -2.24. The third-order valence-electron chi connectivity index (χ3n) is 4.67. The highest BCUT2D eigenvalue weighted by Gasteiger charge is 2.19. The predicted molar refractivity (Wildman–Crippen MR) is 95.8 cm³/mol. The van der Waals surface area contributed by atoms with E-state index in [0.717, 1.165) is 42.6 Å². The Morgan fingerprint density at radius 1 is 1.12 bits per heavy atom. The van der Waals surface area contributed by atoms with E-state index in [1.165, 1.54) is 0 Å². The second-order valence-corrected chi connectivity index (χ2v) is 6.39. The number of aryl methyl sites for hydroxylation is 3. The molecule has 0 atom stereocenters. The van der Waals surface area contributed by atoms with E-state index < -0.39 is 0 Å². The molecule has 6 heteroatoms. The largest absolute Gasteiger partial charge is 0.326 e. The van der Waals surface area contributed by atoms with Gasteiger partial charge in [0.1, 0.15) is 5.52 Å². The highest BCUT2D eigenvalue weighted by atomic mass is 16.2. The summed E-state index contributed by atoms with van der Waals surface area (Å²) in [7, 11) is 0. The zero-order valence-corrected chi connectivity index (χ0v) is 13.9. The molecule has 2 heterocycles. The number of anilines is 1. The summed E-state index contributed by atoms with van der Waals surface area (Å²) in [5.41, 5.74) is 3.49. The van der Waals surface area contributed by atoms with E-state index in [1.807, 2.05) is 36.5 Å². The molecule has 0 bridgehead atoms. The molecule has 1 aromatic carbocycles. The minimum absolute atomic E-state index is 0.0642. The van der Waals surface area contributed by atoms with Crippen molar-refractivity contribution in [2.24, 2.45) is 0 Å². The monoisotopic (exact) mass is 336 g/mol. The van der Waals surface area contributed by atoms with Gasteiger partial charge >= 0.3 is 0 Å². The lowest BCUT2D eigenvalue weighted by atomic mass is 9.97. The zero-order valence-electron chi connectivity index (χ0n) is 13.9. The summed E-state index contributed by atoms with van der Waals surface area (Å²) in [5.74, 6) is -0.103.